The average molecular weight is 398 g/mol. The molecule has 0 bridgehead atoms. The highest BCUT2D eigenvalue weighted by atomic mass is 15.2. The molecule has 3 aromatic rings. The summed E-state index contributed by atoms with van der Waals surface area (Å²) in [7, 11) is 0. The van der Waals surface area contributed by atoms with Crippen LogP contribution in [0.25, 0.3) is 0 Å². The maximum atomic E-state index is 4.70. The quantitative estimate of drug-likeness (QED) is 0.458. The standard InChI is InChI=1S/C27H31N3/c1-5-30-26-16-11-21(17-25(26)20(2)18-27(30,3)4)19-28-22-12-14-24(15-13-22)29-23-9-7-6-8-10-23/h6-17,19-20,29H,5,18H2,1-4H3. The van der Waals surface area contributed by atoms with E-state index in [4.69, 9.17) is 4.99 Å². The molecular formula is C27H31N3. The van der Waals surface area contributed by atoms with Gasteiger partial charge in [-0.25, -0.2) is 0 Å². The van der Waals surface area contributed by atoms with Gasteiger partial charge >= 0.3 is 0 Å². The number of fused-ring (bicyclic) bond motifs is 1. The molecule has 0 spiro atoms. The van der Waals surface area contributed by atoms with Gasteiger partial charge in [0.25, 0.3) is 0 Å². The minimum atomic E-state index is 0.201. The topological polar surface area (TPSA) is 27.6 Å². The molecule has 1 heterocycles. The highest BCUT2D eigenvalue weighted by Crippen LogP contribution is 2.43. The minimum Gasteiger partial charge on any atom is -0.366 e. The Kier molecular flexibility index (Phi) is 5.63. The molecule has 1 aliphatic heterocycles. The van der Waals surface area contributed by atoms with Crippen molar-refractivity contribution in [2.24, 2.45) is 4.99 Å². The summed E-state index contributed by atoms with van der Waals surface area (Å²) in [6, 6.07) is 25.2. The second kappa shape index (κ2) is 8.35. The predicted octanol–water partition coefficient (Wildman–Crippen LogP) is 7.29. The van der Waals surface area contributed by atoms with Gasteiger partial charge in [-0.05, 0) is 92.8 Å². The monoisotopic (exact) mass is 397 g/mol. The van der Waals surface area contributed by atoms with Gasteiger partial charge < -0.3 is 10.2 Å². The van der Waals surface area contributed by atoms with Crippen molar-refractivity contribution in [3.63, 3.8) is 0 Å². The first-order chi connectivity index (χ1) is 14.5. The average Bonchev–Trinajstić information content (AvgIpc) is 2.74. The van der Waals surface area contributed by atoms with Crippen LogP contribution in [-0.4, -0.2) is 18.3 Å². The number of benzene rings is 3. The SMILES string of the molecule is CCN1c2ccc(C=Nc3ccc(Nc4ccccc4)cc3)cc2C(C)CC1(C)C. The lowest BCUT2D eigenvalue weighted by Gasteiger charge is -2.47. The lowest BCUT2D eigenvalue weighted by atomic mass is 9.79. The molecule has 0 aliphatic carbocycles. The van der Waals surface area contributed by atoms with Gasteiger partial charge in [0, 0.05) is 35.4 Å². The first-order valence-electron chi connectivity index (χ1n) is 10.8. The van der Waals surface area contributed by atoms with Crippen LogP contribution >= 0.6 is 0 Å². The van der Waals surface area contributed by atoms with Gasteiger partial charge in [-0.15, -0.1) is 0 Å². The van der Waals surface area contributed by atoms with E-state index in [1.165, 1.54) is 17.7 Å². The van der Waals surface area contributed by atoms with Crippen LogP contribution in [-0.2, 0) is 0 Å². The summed E-state index contributed by atoms with van der Waals surface area (Å²) in [5, 5.41) is 3.40. The Balaban J connectivity index is 1.50. The minimum absolute atomic E-state index is 0.201. The molecule has 1 aliphatic rings. The molecule has 0 amide bonds. The number of para-hydroxylation sites is 1. The van der Waals surface area contributed by atoms with Gasteiger partial charge in [0.05, 0.1) is 5.69 Å². The molecule has 0 aromatic heterocycles. The number of hydrogen-bond acceptors (Lipinski definition) is 3. The van der Waals surface area contributed by atoms with E-state index >= 15 is 0 Å². The van der Waals surface area contributed by atoms with Gasteiger partial charge in [0.2, 0.25) is 0 Å². The second-order valence-electron chi connectivity index (χ2n) is 8.78. The van der Waals surface area contributed by atoms with E-state index in [0.717, 1.165) is 29.2 Å². The van der Waals surface area contributed by atoms with Gasteiger partial charge in [-0.1, -0.05) is 31.2 Å². The Morgan fingerprint density at radius 1 is 1.00 bits per heavy atom. The van der Waals surface area contributed by atoms with Crippen LogP contribution in [0, 0.1) is 0 Å². The number of nitrogens with one attached hydrogen (secondary N) is 1. The molecular weight excluding hydrogens is 366 g/mol. The van der Waals surface area contributed by atoms with Crippen LogP contribution in [0.5, 0.6) is 0 Å². The zero-order chi connectivity index (χ0) is 21.1. The molecule has 3 nitrogen and oxygen atoms in total. The van der Waals surface area contributed by atoms with Crippen LogP contribution in [0.1, 0.15) is 51.2 Å². The van der Waals surface area contributed by atoms with Gasteiger partial charge in [-0.2, -0.15) is 0 Å². The molecule has 4 rings (SSSR count). The number of hydrogen-bond donors (Lipinski definition) is 1. The van der Waals surface area contributed by atoms with E-state index < -0.39 is 0 Å². The van der Waals surface area contributed by atoms with Crippen molar-refractivity contribution in [3.8, 4) is 0 Å². The summed E-state index contributed by atoms with van der Waals surface area (Å²) in [5.41, 5.74) is 7.26. The molecule has 1 atom stereocenters. The third-order valence-corrected chi connectivity index (χ3v) is 6.02. The largest absolute Gasteiger partial charge is 0.366 e. The van der Waals surface area contributed by atoms with E-state index in [1.807, 2.05) is 36.5 Å². The smallest absolute Gasteiger partial charge is 0.0631 e. The highest BCUT2D eigenvalue weighted by Gasteiger charge is 2.35. The predicted molar refractivity (Wildman–Crippen MR) is 130 cm³/mol. The van der Waals surface area contributed by atoms with Crippen LogP contribution < -0.4 is 10.2 Å². The van der Waals surface area contributed by atoms with Crippen molar-refractivity contribution < 1.29 is 0 Å². The first-order valence-corrected chi connectivity index (χ1v) is 10.8. The number of nitrogens with zero attached hydrogens (tertiary/aromatic N) is 2. The van der Waals surface area contributed by atoms with Crippen molar-refractivity contribution >= 4 is 29.0 Å². The van der Waals surface area contributed by atoms with Crippen LogP contribution in [0.3, 0.4) is 0 Å². The second-order valence-corrected chi connectivity index (χ2v) is 8.78. The molecule has 3 aromatic carbocycles. The normalized spacial score (nSPS) is 17.7. The molecule has 0 radical (unpaired) electrons. The summed E-state index contributed by atoms with van der Waals surface area (Å²) in [6.45, 7) is 10.3. The van der Waals surface area contributed by atoms with Crippen molar-refractivity contribution in [1.29, 1.82) is 0 Å². The Hall–Kier alpha value is -3.07. The molecule has 1 unspecified atom stereocenters. The molecule has 0 saturated carbocycles. The molecule has 0 saturated heterocycles. The highest BCUT2D eigenvalue weighted by molar-refractivity contribution is 5.84. The maximum Gasteiger partial charge on any atom is 0.0631 e. The number of aliphatic imine (C=N–C) groups is 1. The van der Waals surface area contributed by atoms with E-state index in [-0.39, 0.29) is 5.54 Å². The van der Waals surface area contributed by atoms with Crippen molar-refractivity contribution in [1.82, 2.24) is 0 Å². The molecule has 3 heteroatoms. The third kappa shape index (κ3) is 4.25. The summed E-state index contributed by atoms with van der Waals surface area (Å²) in [5.74, 6) is 0.550. The summed E-state index contributed by atoms with van der Waals surface area (Å²) in [4.78, 5) is 7.23. The fraction of sp³-hybridized carbons (Fsp3) is 0.296. The zero-order valence-electron chi connectivity index (χ0n) is 18.4. The lowest BCUT2D eigenvalue weighted by molar-refractivity contribution is 0.381. The van der Waals surface area contributed by atoms with E-state index in [9.17, 15) is 0 Å². The van der Waals surface area contributed by atoms with Crippen molar-refractivity contribution in [2.45, 2.75) is 45.6 Å². The Labute approximate surface area is 180 Å². The zero-order valence-corrected chi connectivity index (χ0v) is 18.4. The number of rotatable bonds is 5. The molecule has 0 fully saturated rings. The van der Waals surface area contributed by atoms with E-state index in [1.54, 1.807) is 0 Å². The first kappa shape index (κ1) is 20.2. The fourth-order valence-corrected chi connectivity index (χ4v) is 4.66. The Morgan fingerprint density at radius 3 is 2.40 bits per heavy atom. The fourth-order valence-electron chi connectivity index (χ4n) is 4.66. The summed E-state index contributed by atoms with van der Waals surface area (Å²) in [6.07, 6.45) is 3.15. The third-order valence-electron chi connectivity index (χ3n) is 6.02. The maximum absolute atomic E-state index is 4.70. The van der Waals surface area contributed by atoms with Crippen LogP contribution in [0.15, 0.2) is 77.8 Å². The molecule has 1 N–H and O–H groups in total. The summed E-state index contributed by atoms with van der Waals surface area (Å²) >= 11 is 0. The lowest BCUT2D eigenvalue weighted by Crippen LogP contribution is -2.48. The Morgan fingerprint density at radius 2 is 1.70 bits per heavy atom. The van der Waals surface area contributed by atoms with Crippen molar-refractivity contribution in [2.75, 3.05) is 16.8 Å². The van der Waals surface area contributed by atoms with E-state index in [2.05, 4.69) is 80.4 Å². The van der Waals surface area contributed by atoms with Gasteiger partial charge in [0.15, 0.2) is 0 Å². The number of anilines is 3. The Bertz CT molecular complexity index is 1020. The molecule has 154 valence electrons. The van der Waals surface area contributed by atoms with Crippen LogP contribution in [0.4, 0.5) is 22.7 Å². The van der Waals surface area contributed by atoms with Gasteiger partial charge in [-0.3, -0.25) is 4.99 Å². The van der Waals surface area contributed by atoms with Crippen molar-refractivity contribution in [3.05, 3.63) is 83.9 Å². The molecule has 30 heavy (non-hydrogen) atoms. The van der Waals surface area contributed by atoms with Gasteiger partial charge in [0.1, 0.15) is 0 Å². The summed E-state index contributed by atoms with van der Waals surface area (Å²) < 4.78 is 0. The van der Waals surface area contributed by atoms with Crippen LogP contribution in [0.2, 0.25) is 0 Å². The van der Waals surface area contributed by atoms with E-state index in [0.29, 0.717) is 5.92 Å².